The van der Waals surface area contributed by atoms with Gasteiger partial charge in [0.1, 0.15) is 0 Å². The molecule has 1 N–H and O–H groups in total. The molecule has 0 fully saturated rings. The molecule has 0 aromatic heterocycles. The maximum absolute atomic E-state index is 11.2. The van der Waals surface area contributed by atoms with E-state index in [1.165, 1.54) is 6.08 Å². The highest BCUT2D eigenvalue weighted by atomic mass is 16.5. The molecule has 1 rings (SSSR count). The molecule has 0 aliphatic carbocycles. The zero-order chi connectivity index (χ0) is 14.1. The fourth-order valence-corrected chi connectivity index (χ4v) is 1.48. The number of carbonyl (C=O) groups excluding carboxylic acids is 1. The van der Waals surface area contributed by atoms with Crippen molar-refractivity contribution < 1.29 is 14.6 Å². The minimum atomic E-state index is -1.01. The minimum absolute atomic E-state index is 0.261. The van der Waals surface area contributed by atoms with Crippen molar-refractivity contribution in [2.45, 2.75) is 19.1 Å². The van der Waals surface area contributed by atoms with Gasteiger partial charge in [0.15, 0.2) is 0 Å². The van der Waals surface area contributed by atoms with Gasteiger partial charge in [-0.15, -0.1) is 0 Å². The molecule has 2 atom stereocenters. The lowest BCUT2D eigenvalue weighted by Crippen LogP contribution is -2.14. The zero-order valence-corrected chi connectivity index (χ0v) is 10.5. The number of benzene rings is 1. The van der Waals surface area contributed by atoms with E-state index in [0.717, 1.165) is 6.08 Å². The Bertz CT molecular complexity index is 481. The second-order valence-electron chi connectivity index (χ2n) is 3.66. The number of ether oxygens (including phenoxy) is 1. The molecule has 100 valence electrons. The number of rotatable bonds is 6. The monoisotopic (exact) mass is 261 g/mol. The number of aliphatic hydroxyl groups is 1. The normalized spacial score (nSPS) is 13.6. The molecule has 1 aromatic carbocycles. The lowest BCUT2D eigenvalue weighted by molar-refractivity contribution is -0.137. The molecule has 0 saturated carbocycles. The van der Waals surface area contributed by atoms with E-state index in [0.29, 0.717) is 5.56 Å². The highest BCUT2D eigenvalue weighted by Crippen LogP contribution is 2.20. The SMILES string of the molecule is CCOC(=O)/C=C/C(N=[N+]=[N-])C(O)c1ccccc1. The van der Waals surface area contributed by atoms with Crippen molar-refractivity contribution in [1.29, 1.82) is 0 Å². The van der Waals surface area contributed by atoms with Gasteiger partial charge in [-0.25, -0.2) is 4.79 Å². The summed E-state index contributed by atoms with van der Waals surface area (Å²) in [5.74, 6) is -0.541. The van der Waals surface area contributed by atoms with Crippen LogP contribution >= 0.6 is 0 Å². The van der Waals surface area contributed by atoms with Gasteiger partial charge >= 0.3 is 5.97 Å². The number of esters is 1. The third-order valence-corrected chi connectivity index (χ3v) is 2.37. The summed E-state index contributed by atoms with van der Waals surface area (Å²) in [6, 6.07) is 7.90. The van der Waals surface area contributed by atoms with E-state index >= 15 is 0 Å². The molecule has 0 amide bonds. The van der Waals surface area contributed by atoms with Crippen LogP contribution < -0.4 is 0 Å². The molecule has 0 aliphatic rings. The summed E-state index contributed by atoms with van der Waals surface area (Å²) in [4.78, 5) is 13.9. The van der Waals surface area contributed by atoms with Gasteiger partial charge < -0.3 is 9.84 Å². The Balaban J connectivity index is 2.83. The second-order valence-corrected chi connectivity index (χ2v) is 3.66. The molecule has 0 saturated heterocycles. The number of azide groups is 1. The van der Waals surface area contributed by atoms with E-state index in [-0.39, 0.29) is 6.61 Å². The second kappa shape index (κ2) is 7.92. The number of hydrogen-bond donors (Lipinski definition) is 1. The first-order valence-electron chi connectivity index (χ1n) is 5.81. The summed E-state index contributed by atoms with van der Waals surface area (Å²) in [5, 5.41) is 13.6. The zero-order valence-electron chi connectivity index (χ0n) is 10.5. The Labute approximate surface area is 110 Å². The first kappa shape index (κ1) is 14.8. The molecule has 0 aliphatic heterocycles. The average Bonchev–Trinajstić information content (AvgIpc) is 2.44. The Morgan fingerprint density at radius 1 is 1.53 bits per heavy atom. The van der Waals surface area contributed by atoms with E-state index in [1.54, 1.807) is 31.2 Å². The van der Waals surface area contributed by atoms with Gasteiger partial charge in [-0.3, -0.25) is 0 Å². The predicted molar refractivity (Wildman–Crippen MR) is 70.1 cm³/mol. The van der Waals surface area contributed by atoms with Crippen LogP contribution in [-0.4, -0.2) is 23.7 Å². The van der Waals surface area contributed by atoms with Crippen LogP contribution in [0.25, 0.3) is 10.4 Å². The molecule has 2 unspecified atom stereocenters. The van der Waals surface area contributed by atoms with Gasteiger partial charge in [0, 0.05) is 11.0 Å². The van der Waals surface area contributed by atoms with Gasteiger partial charge in [0.05, 0.1) is 18.8 Å². The van der Waals surface area contributed by atoms with E-state index in [2.05, 4.69) is 10.0 Å². The minimum Gasteiger partial charge on any atom is -0.463 e. The Hall–Kier alpha value is -2.30. The maximum Gasteiger partial charge on any atom is 0.330 e. The molecular formula is C13H15N3O3. The summed E-state index contributed by atoms with van der Waals surface area (Å²) in [6.07, 6.45) is 1.47. The average molecular weight is 261 g/mol. The molecule has 19 heavy (non-hydrogen) atoms. The van der Waals surface area contributed by atoms with Crippen LogP contribution in [0.3, 0.4) is 0 Å². The molecule has 0 bridgehead atoms. The molecule has 6 heteroatoms. The lowest BCUT2D eigenvalue weighted by Gasteiger charge is -2.15. The molecule has 0 spiro atoms. The van der Waals surface area contributed by atoms with Crippen LogP contribution in [0.2, 0.25) is 0 Å². The summed E-state index contributed by atoms with van der Waals surface area (Å²) in [7, 11) is 0. The molecule has 0 heterocycles. The van der Waals surface area contributed by atoms with Crippen LogP contribution in [0.5, 0.6) is 0 Å². The summed E-state index contributed by atoms with van der Waals surface area (Å²) in [6.45, 7) is 1.95. The van der Waals surface area contributed by atoms with Gasteiger partial charge in [0.2, 0.25) is 0 Å². The topological polar surface area (TPSA) is 95.3 Å². The van der Waals surface area contributed by atoms with Crippen LogP contribution in [0, 0.1) is 0 Å². The van der Waals surface area contributed by atoms with Crippen molar-refractivity contribution in [3.63, 3.8) is 0 Å². The first-order valence-corrected chi connectivity index (χ1v) is 5.81. The van der Waals surface area contributed by atoms with Crippen molar-refractivity contribution in [3.05, 3.63) is 58.5 Å². The van der Waals surface area contributed by atoms with Crippen molar-refractivity contribution in [3.8, 4) is 0 Å². The first-order chi connectivity index (χ1) is 9.19. The smallest absolute Gasteiger partial charge is 0.330 e. The highest BCUT2D eigenvalue weighted by molar-refractivity contribution is 5.82. The van der Waals surface area contributed by atoms with Crippen molar-refractivity contribution in [2.75, 3.05) is 6.61 Å². The predicted octanol–water partition coefficient (Wildman–Crippen LogP) is 2.52. The van der Waals surface area contributed by atoms with Crippen molar-refractivity contribution in [2.24, 2.45) is 5.11 Å². The quantitative estimate of drug-likeness (QED) is 0.280. The van der Waals surface area contributed by atoms with Gasteiger partial charge in [-0.1, -0.05) is 41.5 Å². The van der Waals surface area contributed by atoms with Gasteiger partial charge in [-0.05, 0) is 18.0 Å². The Morgan fingerprint density at radius 3 is 2.79 bits per heavy atom. The number of aliphatic hydroxyl groups excluding tert-OH is 1. The summed E-state index contributed by atoms with van der Waals surface area (Å²) < 4.78 is 4.71. The molecular weight excluding hydrogens is 246 g/mol. The lowest BCUT2D eigenvalue weighted by atomic mass is 10.0. The van der Waals surface area contributed by atoms with Crippen LogP contribution in [0.15, 0.2) is 47.6 Å². The molecule has 6 nitrogen and oxygen atoms in total. The fourth-order valence-electron chi connectivity index (χ4n) is 1.48. The van der Waals surface area contributed by atoms with Crippen LogP contribution in [0.4, 0.5) is 0 Å². The number of hydrogen-bond acceptors (Lipinski definition) is 4. The highest BCUT2D eigenvalue weighted by Gasteiger charge is 2.17. The van der Waals surface area contributed by atoms with Crippen LogP contribution in [0.1, 0.15) is 18.6 Å². The van der Waals surface area contributed by atoms with Crippen molar-refractivity contribution >= 4 is 5.97 Å². The van der Waals surface area contributed by atoms with Crippen LogP contribution in [-0.2, 0) is 9.53 Å². The molecule has 0 radical (unpaired) electrons. The Kier molecular flexibility index (Phi) is 6.15. The summed E-state index contributed by atoms with van der Waals surface area (Å²) in [5.41, 5.74) is 9.10. The van der Waals surface area contributed by atoms with E-state index < -0.39 is 18.1 Å². The number of nitrogens with zero attached hydrogens (tertiary/aromatic N) is 3. The maximum atomic E-state index is 11.2. The van der Waals surface area contributed by atoms with Crippen molar-refractivity contribution in [1.82, 2.24) is 0 Å². The third-order valence-electron chi connectivity index (χ3n) is 2.37. The third kappa shape index (κ3) is 4.83. The van der Waals surface area contributed by atoms with E-state index in [4.69, 9.17) is 10.3 Å². The standard InChI is InChI=1S/C13H15N3O3/c1-2-19-12(17)9-8-11(15-16-14)13(18)10-6-4-3-5-7-10/h3-9,11,13,18H,2H2,1H3/b9-8+. The summed E-state index contributed by atoms with van der Waals surface area (Å²) >= 11 is 0. The molecule has 1 aromatic rings. The van der Waals surface area contributed by atoms with Gasteiger partial charge in [0.25, 0.3) is 0 Å². The van der Waals surface area contributed by atoms with Gasteiger partial charge in [-0.2, -0.15) is 0 Å². The number of carbonyl (C=O) groups is 1. The fraction of sp³-hybridized carbons (Fsp3) is 0.308. The van der Waals surface area contributed by atoms with E-state index in [1.807, 2.05) is 6.07 Å². The van der Waals surface area contributed by atoms with E-state index in [9.17, 15) is 9.90 Å². The largest absolute Gasteiger partial charge is 0.463 e. The Morgan fingerprint density at radius 2 is 2.21 bits per heavy atom.